The van der Waals surface area contributed by atoms with Crippen molar-refractivity contribution >= 4 is 5.82 Å². The minimum atomic E-state index is -0.263. The Hall–Kier alpha value is -1.60. The zero-order chi connectivity index (χ0) is 13.7. The maximum Gasteiger partial charge on any atom is 0.295 e. The Morgan fingerprint density at radius 1 is 1.68 bits per heavy atom. The quantitative estimate of drug-likeness (QED) is 0.756. The summed E-state index contributed by atoms with van der Waals surface area (Å²) in [6.07, 6.45) is 1.40. The van der Waals surface area contributed by atoms with E-state index >= 15 is 0 Å². The normalized spacial score (nSPS) is 19.5. The van der Waals surface area contributed by atoms with Gasteiger partial charge in [0.25, 0.3) is 5.56 Å². The van der Waals surface area contributed by atoms with Gasteiger partial charge in [-0.1, -0.05) is 6.92 Å². The number of aromatic amines is 1. The highest BCUT2D eigenvalue weighted by Crippen LogP contribution is 2.24. The lowest BCUT2D eigenvalue weighted by atomic mass is 10.2. The van der Waals surface area contributed by atoms with Gasteiger partial charge in [0.1, 0.15) is 0 Å². The molecule has 7 nitrogen and oxygen atoms in total. The molecule has 0 saturated carbocycles. The number of methoxy groups -OCH3 is 1. The van der Waals surface area contributed by atoms with Gasteiger partial charge in [-0.15, -0.1) is 0 Å². The summed E-state index contributed by atoms with van der Waals surface area (Å²) in [7, 11) is 1.48. The standard InChI is InChI=1S/C12H20N4O3/c1-3-13-6-9-7-19-5-4-16(9)11-10(18-2)12(17)15-8-14-11/h8-9,13H,3-7H2,1-2H3,(H,14,15,17). The number of aromatic nitrogens is 2. The first-order valence-corrected chi connectivity index (χ1v) is 6.44. The second kappa shape index (κ2) is 6.53. The second-order valence-electron chi connectivity index (χ2n) is 4.32. The molecule has 2 rings (SSSR count). The summed E-state index contributed by atoms with van der Waals surface area (Å²) in [5, 5.41) is 3.29. The number of ether oxygens (including phenoxy) is 2. The first-order valence-electron chi connectivity index (χ1n) is 6.44. The van der Waals surface area contributed by atoms with Gasteiger partial charge in [-0.25, -0.2) is 4.98 Å². The van der Waals surface area contributed by atoms with Crippen LogP contribution in [0.4, 0.5) is 5.82 Å². The van der Waals surface area contributed by atoms with E-state index in [0.717, 1.165) is 13.1 Å². The van der Waals surface area contributed by atoms with Crippen molar-refractivity contribution in [2.24, 2.45) is 0 Å². The van der Waals surface area contributed by atoms with Crippen LogP contribution >= 0.6 is 0 Å². The lowest BCUT2D eigenvalue weighted by Crippen LogP contribution is -2.51. The highest BCUT2D eigenvalue weighted by Gasteiger charge is 2.27. The molecular weight excluding hydrogens is 248 g/mol. The molecule has 2 heterocycles. The number of likely N-dealkylation sites (N-methyl/N-ethyl adjacent to an activating group) is 1. The molecule has 1 aromatic heterocycles. The van der Waals surface area contributed by atoms with Crippen molar-refractivity contribution in [2.75, 3.05) is 44.9 Å². The number of anilines is 1. The Morgan fingerprint density at radius 2 is 2.53 bits per heavy atom. The van der Waals surface area contributed by atoms with Gasteiger partial charge in [0.15, 0.2) is 5.82 Å². The van der Waals surface area contributed by atoms with Crippen molar-refractivity contribution < 1.29 is 9.47 Å². The van der Waals surface area contributed by atoms with E-state index in [9.17, 15) is 4.79 Å². The molecule has 106 valence electrons. The molecule has 1 saturated heterocycles. The summed E-state index contributed by atoms with van der Waals surface area (Å²) in [4.78, 5) is 20.6. The van der Waals surface area contributed by atoms with E-state index in [4.69, 9.17) is 9.47 Å². The second-order valence-corrected chi connectivity index (χ2v) is 4.32. The Kier molecular flexibility index (Phi) is 4.75. The fourth-order valence-electron chi connectivity index (χ4n) is 2.18. The number of nitrogens with one attached hydrogen (secondary N) is 2. The average molecular weight is 268 g/mol. The Bertz CT molecular complexity index is 463. The topological polar surface area (TPSA) is 79.5 Å². The number of nitrogens with zero attached hydrogens (tertiary/aromatic N) is 2. The van der Waals surface area contributed by atoms with Crippen molar-refractivity contribution in [3.05, 3.63) is 16.7 Å². The third-order valence-corrected chi connectivity index (χ3v) is 3.13. The van der Waals surface area contributed by atoms with Crippen LogP contribution in [0.25, 0.3) is 0 Å². The van der Waals surface area contributed by atoms with Crippen LogP contribution in [0, 0.1) is 0 Å². The molecule has 0 radical (unpaired) electrons. The van der Waals surface area contributed by atoms with Crippen LogP contribution in [0.2, 0.25) is 0 Å². The molecular formula is C12H20N4O3. The highest BCUT2D eigenvalue weighted by atomic mass is 16.5. The van der Waals surface area contributed by atoms with Crippen molar-refractivity contribution in [3.8, 4) is 5.75 Å². The zero-order valence-corrected chi connectivity index (χ0v) is 11.3. The van der Waals surface area contributed by atoms with Crippen LogP contribution in [0.3, 0.4) is 0 Å². The molecule has 19 heavy (non-hydrogen) atoms. The van der Waals surface area contributed by atoms with Crippen molar-refractivity contribution in [3.63, 3.8) is 0 Å². The van der Waals surface area contributed by atoms with Gasteiger partial charge in [0, 0.05) is 13.1 Å². The van der Waals surface area contributed by atoms with Crippen molar-refractivity contribution in [1.82, 2.24) is 15.3 Å². The maximum absolute atomic E-state index is 11.7. The lowest BCUT2D eigenvalue weighted by molar-refractivity contribution is 0.0931. The van der Waals surface area contributed by atoms with Gasteiger partial charge in [0.2, 0.25) is 5.75 Å². The largest absolute Gasteiger partial charge is 0.489 e. The predicted octanol–water partition coefficient (Wildman–Crippen LogP) is -0.407. The van der Waals surface area contributed by atoms with Crippen molar-refractivity contribution in [1.29, 1.82) is 0 Å². The Balaban J connectivity index is 2.26. The molecule has 1 fully saturated rings. The van der Waals surface area contributed by atoms with E-state index in [0.29, 0.717) is 25.6 Å². The maximum atomic E-state index is 11.7. The number of H-pyrrole nitrogens is 1. The number of hydrogen-bond acceptors (Lipinski definition) is 6. The van der Waals surface area contributed by atoms with Crippen LogP contribution in [-0.2, 0) is 4.74 Å². The molecule has 7 heteroatoms. The SMILES string of the molecule is CCNCC1COCCN1c1nc[nH]c(=O)c1OC. The van der Waals surface area contributed by atoms with E-state index in [1.165, 1.54) is 13.4 Å². The molecule has 2 N–H and O–H groups in total. The average Bonchev–Trinajstić information content (AvgIpc) is 2.45. The number of hydrogen-bond donors (Lipinski definition) is 2. The Morgan fingerprint density at radius 3 is 3.26 bits per heavy atom. The third-order valence-electron chi connectivity index (χ3n) is 3.13. The van der Waals surface area contributed by atoms with Crippen LogP contribution in [-0.4, -0.2) is 56.0 Å². The monoisotopic (exact) mass is 268 g/mol. The number of rotatable bonds is 5. The third kappa shape index (κ3) is 3.05. The minimum absolute atomic E-state index is 0.150. The van der Waals surface area contributed by atoms with Crippen LogP contribution < -0.4 is 20.5 Å². The molecule has 0 bridgehead atoms. The molecule has 0 amide bonds. The molecule has 0 aliphatic carbocycles. The summed E-state index contributed by atoms with van der Waals surface area (Å²) < 4.78 is 10.7. The predicted molar refractivity (Wildman–Crippen MR) is 71.9 cm³/mol. The summed E-state index contributed by atoms with van der Waals surface area (Å²) in [5.41, 5.74) is -0.263. The van der Waals surface area contributed by atoms with Gasteiger partial charge in [-0.05, 0) is 6.54 Å². The fourth-order valence-corrected chi connectivity index (χ4v) is 2.18. The molecule has 0 spiro atoms. The molecule has 1 aromatic rings. The van der Waals surface area contributed by atoms with E-state index in [2.05, 4.69) is 27.1 Å². The van der Waals surface area contributed by atoms with Crippen LogP contribution in [0.5, 0.6) is 5.75 Å². The summed E-state index contributed by atoms with van der Waals surface area (Å²) >= 11 is 0. The summed E-state index contributed by atoms with van der Waals surface area (Å²) in [6.45, 7) is 5.67. The van der Waals surface area contributed by atoms with E-state index in [1.54, 1.807) is 0 Å². The summed E-state index contributed by atoms with van der Waals surface area (Å²) in [6, 6.07) is 0.150. The Labute approximate surface area is 111 Å². The highest BCUT2D eigenvalue weighted by molar-refractivity contribution is 5.52. The van der Waals surface area contributed by atoms with E-state index < -0.39 is 0 Å². The lowest BCUT2D eigenvalue weighted by Gasteiger charge is -2.36. The van der Waals surface area contributed by atoms with Crippen molar-refractivity contribution in [2.45, 2.75) is 13.0 Å². The summed E-state index contributed by atoms with van der Waals surface area (Å²) in [5.74, 6) is 0.836. The van der Waals surface area contributed by atoms with E-state index in [-0.39, 0.29) is 17.4 Å². The van der Waals surface area contributed by atoms with E-state index in [1.807, 2.05) is 0 Å². The molecule has 1 unspecified atom stereocenters. The molecule has 1 aliphatic heterocycles. The fraction of sp³-hybridized carbons (Fsp3) is 0.667. The van der Waals surface area contributed by atoms with Gasteiger partial charge < -0.3 is 24.7 Å². The molecule has 0 aromatic carbocycles. The van der Waals surface area contributed by atoms with Gasteiger partial charge in [-0.3, -0.25) is 4.79 Å². The first-order chi connectivity index (χ1) is 9.27. The minimum Gasteiger partial charge on any atom is -0.489 e. The van der Waals surface area contributed by atoms with Crippen LogP contribution in [0.15, 0.2) is 11.1 Å². The number of morpholine rings is 1. The van der Waals surface area contributed by atoms with Gasteiger partial charge in [-0.2, -0.15) is 0 Å². The van der Waals surface area contributed by atoms with Gasteiger partial charge in [0.05, 0.1) is 32.7 Å². The van der Waals surface area contributed by atoms with Crippen LogP contribution in [0.1, 0.15) is 6.92 Å². The molecule has 1 atom stereocenters. The molecule has 1 aliphatic rings. The zero-order valence-electron chi connectivity index (χ0n) is 11.3. The smallest absolute Gasteiger partial charge is 0.295 e. The first kappa shape index (κ1) is 13.8. The van der Waals surface area contributed by atoms with Gasteiger partial charge >= 0.3 is 0 Å².